The molecule has 1 saturated carbocycles. The summed E-state index contributed by atoms with van der Waals surface area (Å²) in [6.45, 7) is 7.36. The molecule has 1 N–H and O–H groups in total. The summed E-state index contributed by atoms with van der Waals surface area (Å²) in [5, 5.41) is 3.40. The average molecular weight is 540 g/mol. The van der Waals surface area contributed by atoms with E-state index in [9.17, 15) is 9.18 Å². The molecule has 0 radical (unpaired) electrons. The first-order valence-corrected chi connectivity index (χ1v) is 14.4. The maximum atomic E-state index is 14.3. The number of nitrogens with zero attached hydrogens (tertiary/aromatic N) is 2. The van der Waals surface area contributed by atoms with Crippen LogP contribution in [-0.2, 0) is 22.4 Å². The number of anilines is 1. The van der Waals surface area contributed by atoms with Gasteiger partial charge in [-0.1, -0.05) is 6.92 Å². The molecule has 0 unspecified atom stereocenters. The topological polar surface area (TPSA) is 72.9 Å². The number of aromatic nitrogens is 1. The quantitative estimate of drug-likeness (QED) is 0.337. The van der Waals surface area contributed by atoms with E-state index in [1.807, 2.05) is 0 Å². The minimum Gasteiger partial charge on any atom is -0.496 e. The van der Waals surface area contributed by atoms with Crippen LogP contribution in [0.2, 0.25) is 0 Å². The predicted octanol–water partition coefficient (Wildman–Crippen LogP) is 5.51. The highest BCUT2D eigenvalue weighted by molar-refractivity contribution is 5.83. The van der Waals surface area contributed by atoms with Crippen molar-refractivity contribution in [2.45, 2.75) is 77.4 Å². The molecule has 39 heavy (non-hydrogen) atoms. The zero-order valence-corrected chi connectivity index (χ0v) is 23.6. The number of ether oxygens (including phenoxy) is 3. The molecular formula is C31H42FN3O4. The maximum Gasteiger partial charge on any atom is 0.151 e. The molecule has 1 saturated heterocycles. The van der Waals surface area contributed by atoms with E-state index < -0.39 is 6.04 Å². The van der Waals surface area contributed by atoms with E-state index in [0.29, 0.717) is 31.1 Å². The van der Waals surface area contributed by atoms with Crippen molar-refractivity contribution in [1.82, 2.24) is 9.88 Å². The molecule has 7 nitrogen and oxygen atoms in total. The fraction of sp³-hybridized carbons (Fsp3) is 0.613. The van der Waals surface area contributed by atoms with Gasteiger partial charge in [-0.3, -0.25) is 9.69 Å². The van der Waals surface area contributed by atoms with Crippen LogP contribution < -0.4 is 14.8 Å². The second-order valence-corrected chi connectivity index (χ2v) is 11.7. The predicted molar refractivity (Wildman–Crippen MR) is 149 cm³/mol. The summed E-state index contributed by atoms with van der Waals surface area (Å²) >= 11 is 0. The summed E-state index contributed by atoms with van der Waals surface area (Å²) in [6.07, 6.45) is 8.07. The van der Waals surface area contributed by atoms with Crippen LogP contribution in [0.4, 0.5) is 10.2 Å². The third-order valence-corrected chi connectivity index (χ3v) is 8.31. The van der Waals surface area contributed by atoms with Crippen molar-refractivity contribution in [3.63, 3.8) is 0 Å². The molecule has 1 aromatic heterocycles. The van der Waals surface area contributed by atoms with Gasteiger partial charge in [0.15, 0.2) is 5.78 Å². The standard InChI is InChI=1S/C31H42FN3O4/c1-21(36)29(26-17-22(32)9-10-27(26)39-20-31(2)12-13-31)35-15-11-24(19-35)38-16-5-4-7-23-18-28(37-3)25-8-6-14-33-30(25)34-23/h9-10,17-18,24,29H,4-8,11-16,19-20H2,1-3H3,(H,33,34)/t24-,29+/m1/s1. The third kappa shape index (κ3) is 6.90. The van der Waals surface area contributed by atoms with Crippen LogP contribution in [0.25, 0.3) is 0 Å². The van der Waals surface area contributed by atoms with Crippen LogP contribution >= 0.6 is 0 Å². The molecule has 2 aliphatic heterocycles. The molecule has 2 fully saturated rings. The van der Waals surface area contributed by atoms with E-state index in [1.54, 1.807) is 20.1 Å². The average Bonchev–Trinajstić information content (AvgIpc) is 3.49. The molecule has 8 heteroatoms. The highest BCUT2D eigenvalue weighted by Crippen LogP contribution is 2.45. The van der Waals surface area contributed by atoms with Crippen LogP contribution in [0.1, 0.15) is 75.2 Å². The number of hydrogen-bond acceptors (Lipinski definition) is 7. The van der Waals surface area contributed by atoms with E-state index >= 15 is 0 Å². The summed E-state index contributed by atoms with van der Waals surface area (Å²) in [4.78, 5) is 19.7. The number of unbranched alkanes of at least 4 members (excludes halogenated alkanes) is 1. The lowest BCUT2D eigenvalue weighted by molar-refractivity contribution is -0.122. The zero-order valence-electron chi connectivity index (χ0n) is 23.6. The minimum atomic E-state index is -0.532. The summed E-state index contributed by atoms with van der Waals surface area (Å²) in [5.74, 6) is 2.14. The SMILES string of the molecule is COc1cc(CCCCO[C@@H]2CCN([C@@H](C(C)=O)c3cc(F)ccc3OCC3(C)CC3)C2)nc2c1CCCN2. The van der Waals surface area contributed by atoms with Gasteiger partial charge in [-0.15, -0.1) is 0 Å². The molecule has 1 aromatic carbocycles. The molecule has 0 amide bonds. The molecule has 212 valence electrons. The number of halogens is 1. The largest absolute Gasteiger partial charge is 0.496 e. The number of fused-ring (bicyclic) bond motifs is 1. The van der Waals surface area contributed by atoms with Crippen molar-refractivity contribution in [1.29, 1.82) is 0 Å². The van der Waals surface area contributed by atoms with Gasteiger partial charge >= 0.3 is 0 Å². The number of rotatable bonds is 13. The third-order valence-electron chi connectivity index (χ3n) is 8.31. The van der Waals surface area contributed by atoms with Crippen LogP contribution in [0.3, 0.4) is 0 Å². The van der Waals surface area contributed by atoms with Crippen LogP contribution in [-0.4, -0.2) is 61.7 Å². The smallest absolute Gasteiger partial charge is 0.151 e. The molecule has 3 aliphatic rings. The molecule has 3 heterocycles. The van der Waals surface area contributed by atoms with Crippen LogP contribution in [0.15, 0.2) is 24.3 Å². The fourth-order valence-corrected chi connectivity index (χ4v) is 5.70. The lowest BCUT2D eigenvalue weighted by Gasteiger charge is -2.28. The molecule has 0 spiro atoms. The highest BCUT2D eigenvalue weighted by Gasteiger charge is 2.39. The lowest BCUT2D eigenvalue weighted by atomic mass is 10.0. The van der Waals surface area contributed by atoms with Gasteiger partial charge in [-0.05, 0) is 76.5 Å². The van der Waals surface area contributed by atoms with Gasteiger partial charge in [0.05, 0.1) is 25.9 Å². The number of carbonyl (C=O) groups excluding carboxylic acids is 1. The number of likely N-dealkylation sites (tertiary alicyclic amines) is 1. The first kappa shape index (κ1) is 27.8. The Kier molecular flexibility index (Phi) is 8.72. The molecule has 2 aromatic rings. The summed E-state index contributed by atoms with van der Waals surface area (Å²) < 4.78 is 32.2. The lowest BCUT2D eigenvalue weighted by Crippen LogP contribution is -2.33. The van der Waals surface area contributed by atoms with Gasteiger partial charge in [0.2, 0.25) is 0 Å². The van der Waals surface area contributed by atoms with Gasteiger partial charge in [0.1, 0.15) is 23.1 Å². The van der Waals surface area contributed by atoms with E-state index in [4.69, 9.17) is 19.2 Å². The van der Waals surface area contributed by atoms with E-state index in [-0.39, 0.29) is 23.1 Å². The van der Waals surface area contributed by atoms with Crippen molar-refractivity contribution in [3.05, 3.63) is 46.9 Å². The summed E-state index contributed by atoms with van der Waals surface area (Å²) in [7, 11) is 1.72. The monoisotopic (exact) mass is 539 g/mol. The number of aryl methyl sites for hydroxylation is 1. The van der Waals surface area contributed by atoms with Gasteiger partial charge in [0.25, 0.3) is 0 Å². The van der Waals surface area contributed by atoms with E-state index in [2.05, 4.69) is 23.2 Å². The van der Waals surface area contributed by atoms with Crippen molar-refractivity contribution in [2.24, 2.45) is 5.41 Å². The normalized spacial score (nSPS) is 20.7. The van der Waals surface area contributed by atoms with Gasteiger partial charge in [-0.2, -0.15) is 0 Å². The first-order valence-electron chi connectivity index (χ1n) is 14.4. The Labute approximate surface area is 231 Å². The van der Waals surface area contributed by atoms with E-state index in [1.165, 1.54) is 17.7 Å². The fourth-order valence-electron chi connectivity index (χ4n) is 5.70. The molecular weight excluding hydrogens is 497 g/mol. The number of methoxy groups -OCH3 is 1. The Bertz CT molecular complexity index is 1150. The number of ketones is 1. The van der Waals surface area contributed by atoms with Crippen molar-refractivity contribution in [2.75, 3.05) is 45.3 Å². The number of hydrogen-bond donors (Lipinski definition) is 1. The van der Waals surface area contributed by atoms with Gasteiger partial charge in [-0.25, -0.2) is 9.37 Å². The van der Waals surface area contributed by atoms with Gasteiger partial charge < -0.3 is 19.5 Å². The minimum absolute atomic E-state index is 0.00815. The summed E-state index contributed by atoms with van der Waals surface area (Å²) in [6, 6.07) is 6.07. The number of pyridine rings is 1. The van der Waals surface area contributed by atoms with Crippen LogP contribution in [0, 0.1) is 11.2 Å². The molecule has 2 atom stereocenters. The highest BCUT2D eigenvalue weighted by atomic mass is 19.1. The van der Waals surface area contributed by atoms with Crippen molar-refractivity contribution >= 4 is 11.6 Å². The first-order chi connectivity index (χ1) is 18.8. The molecule has 0 bridgehead atoms. The number of Topliss-reactive ketones (excluding diaryl/α,β-unsaturated/α-hetero) is 1. The molecule has 1 aliphatic carbocycles. The molecule has 5 rings (SSSR count). The number of nitrogens with one attached hydrogen (secondary N) is 1. The van der Waals surface area contributed by atoms with Crippen LogP contribution in [0.5, 0.6) is 11.5 Å². The maximum absolute atomic E-state index is 14.3. The number of benzene rings is 1. The second kappa shape index (κ2) is 12.2. The zero-order chi connectivity index (χ0) is 27.4. The summed E-state index contributed by atoms with van der Waals surface area (Å²) in [5.41, 5.74) is 3.04. The Morgan fingerprint density at radius 3 is 2.87 bits per heavy atom. The van der Waals surface area contributed by atoms with Crippen molar-refractivity contribution in [3.8, 4) is 11.5 Å². The Morgan fingerprint density at radius 1 is 1.26 bits per heavy atom. The van der Waals surface area contributed by atoms with E-state index in [0.717, 1.165) is 81.7 Å². The Morgan fingerprint density at radius 2 is 2.10 bits per heavy atom. The Balaban J connectivity index is 1.12. The number of carbonyl (C=O) groups is 1. The Hall–Kier alpha value is -2.71. The second-order valence-electron chi connectivity index (χ2n) is 11.7. The van der Waals surface area contributed by atoms with Crippen molar-refractivity contribution < 1.29 is 23.4 Å². The van der Waals surface area contributed by atoms with Gasteiger partial charge in [0, 0.05) is 54.5 Å².